The molecule has 0 atom stereocenters. The zero-order valence-corrected chi connectivity index (χ0v) is 13.6. The number of unbranched alkanes of at least 4 members (excludes halogenated alkanes) is 1. The molecule has 1 heterocycles. The first-order valence-corrected chi connectivity index (χ1v) is 7.89. The third-order valence-corrected chi connectivity index (χ3v) is 3.86. The lowest BCUT2D eigenvalue weighted by Crippen LogP contribution is -2.14. The summed E-state index contributed by atoms with van der Waals surface area (Å²) in [6.45, 7) is 2.08. The molecule has 2 rings (SSSR count). The number of benzene rings is 1. The van der Waals surface area contributed by atoms with Crippen molar-refractivity contribution in [1.82, 2.24) is 14.5 Å². The van der Waals surface area contributed by atoms with Crippen LogP contribution in [0.1, 0.15) is 18.7 Å². The molecular formula is C15H21Cl2N3. The standard InChI is InChI=1S/C15H21Cl2N3/c1-19(2)10-3-4-11-20-13-7-5-6-12(17)15(13)18-14(20)8-9-16/h5-7H,3-4,8-11H2,1-2H3. The number of fused-ring (bicyclic) bond motifs is 1. The number of para-hydroxylation sites is 1. The molecule has 2 aromatic rings. The zero-order chi connectivity index (χ0) is 14.5. The molecule has 0 N–H and O–H groups in total. The van der Waals surface area contributed by atoms with Gasteiger partial charge in [-0.3, -0.25) is 0 Å². The first-order valence-electron chi connectivity index (χ1n) is 6.98. The Morgan fingerprint density at radius 1 is 1.25 bits per heavy atom. The Balaban J connectivity index is 2.20. The predicted molar refractivity (Wildman–Crippen MR) is 87.0 cm³/mol. The van der Waals surface area contributed by atoms with Crippen molar-refractivity contribution < 1.29 is 0 Å². The summed E-state index contributed by atoms with van der Waals surface area (Å²) in [6.07, 6.45) is 3.08. The van der Waals surface area contributed by atoms with Crippen molar-refractivity contribution in [2.24, 2.45) is 0 Å². The van der Waals surface area contributed by atoms with Crippen LogP contribution in [0.3, 0.4) is 0 Å². The van der Waals surface area contributed by atoms with Gasteiger partial charge in [-0.25, -0.2) is 4.98 Å². The van der Waals surface area contributed by atoms with E-state index in [2.05, 4.69) is 34.6 Å². The highest BCUT2D eigenvalue weighted by Gasteiger charge is 2.12. The van der Waals surface area contributed by atoms with Crippen molar-refractivity contribution in [3.63, 3.8) is 0 Å². The number of imidazole rings is 1. The van der Waals surface area contributed by atoms with Gasteiger partial charge in [0.05, 0.1) is 10.5 Å². The number of hydrogen-bond donors (Lipinski definition) is 0. The van der Waals surface area contributed by atoms with Crippen LogP contribution in [0.2, 0.25) is 5.02 Å². The molecular weight excluding hydrogens is 293 g/mol. The van der Waals surface area contributed by atoms with Gasteiger partial charge >= 0.3 is 0 Å². The lowest BCUT2D eigenvalue weighted by atomic mass is 10.2. The van der Waals surface area contributed by atoms with E-state index in [1.165, 1.54) is 6.42 Å². The summed E-state index contributed by atoms with van der Waals surface area (Å²) in [5.41, 5.74) is 2.00. The van der Waals surface area contributed by atoms with Gasteiger partial charge in [0.15, 0.2) is 0 Å². The van der Waals surface area contributed by atoms with Gasteiger partial charge in [-0.2, -0.15) is 0 Å². The molecule has 1 aromatic carbocycles. The van der Waals surface area contributed by atoms with E-state index in [-0.39, 0.29) is 0 Å². The Morgan fingerprint density at radius 2 is 2.05 bits per heavy atom. The molecule has 0 unspecified atom stereocenters. The second-order valence-electron chi connectivity index (χ2n) is 5.24. The molecule has 0 aliphatic carbocycles. The maximum atomic E-state index is 6.23. The van der Waals surface area contributed by atoms with Crippen LogP contribution in [-0.2, 0) is 13.0 Å². The van der Waals surface area contributed by atoms with Crippen LogP contribution in [-0.4, -0.2) is 41.0 Å². The minimum Gasteiger partial charge on any atom is -0.328 e. The molecule has 110 valence electrons. The Morgan fingerprint density at radius 3 is 2.75 bits per heavy atom. The van der Waals surface area contributed by atoms with E-state index in [1.54, 1.807) is 0 Å². The first-order chi connectivity index (χ1) is 9.63. The number of aryl methyl sites for hydroxylation is 2. The number of alkyl halides is 1. The minimum absolute atomic E-state index is 0.582. The molecule has 0 fully saturated rings. The highest BCUT2D eigenvalue weighted by atomic mass is 35.5. The molecule has 20 heavy (non-hydrogen) atoms. The average molecular weight is 314 g/mol. The fraction of sp³-hybridized carbons (Fsp3) is 0.533. The molecule has 3 nitrogen and oxygen atoms in total. The molecule has 0 saturated carbocycles. The van der Waals surface area contributed by atoms with Crippen LogP contribution in [0.25, 0.3) is 11.0 Å². The molecule has 0 saturated heterocycles. The average Bonchev–Trinajstić information content (AvgIpc) is 2.75. The lowest BCUT2D eigenvalue weighted by Gasteiger charge is -2.11. The smallest absolute Gasteiger partial charge is 0.111 e. The van der Waals surface area contributed by atoms with Crippen molar-refractivity contribution in [2.45, 2.75) is 25.8 Å². The van der Waals surface area contributed by atoms with E-state index in [4.69, 9.17) is 23.2 Å². The topological polar surface area (TPSA) is 21.1 Å². The maximum absolute atomic E-state index is 6.23. The van der Waals surface area contributed by atoms with E-state index in [1.807, 2.05) is 12.1 Å². The Labute approximate surface area is 130 Å². The third-order valence-electron chi connectivity index (χ3n) is 3.36. The van der Waals surface area contributed by atoms with E-state index >= 15 is 0 Å². The van der Waals surface area contributed by atoms with Gasteiger partial charge < -0.3 is 9.47 Å². The predicted octanol–water partition coefficient (Wildman–Crippen LogP) is 3.81. The van der Waals surface area contributed by atoms with Crippen molar-refractivity contribution in [3.8, 4) is 0 Å². The lowest BCUT2D eigenvalue weighted by molar-refractivity contribution is 0.387. The molecule has 0 aliphatic heterocycles. The quantitative estimate of drug-likeness (QED) is 0.572. The minimum atomic E-state index is 0.582. The van der Waals surface area contributed by atoms with Crippen LogP contribution in [0.5, 0.6) is 0 Å². The number of nitrogens with zero attached hydrogens (tertiary/aromatic N) is 3. The summed E-state index contributed by atoms with van der Waals surface area (Å²) < 4.78 is 2.26. The summed E-state index contributed by atoms with van der Waals surface area (Å²) >= 11 is 12.1. The van der Waals surface area contributed by atoms with Gasteiger partial charge in [0.2, 0.25) is 0 Å². The van der Waals surface area contributed by atoms with Crippen LogP contribution in [0.4, 0.5) is 0 Å². The fourth-order valence-electron chi connectivity index (χ4n) is 2.38. The molecule has 5 heteroatoms. The van der Waals surface area contributed by atoms with Gasteiger partial charge in [-0.15, -0.1) is 11.6 Å². The van der Waals surface area contributed by atoms with Crippen molar-refractivity contribution in [3.05, 3.63) is 29.0 Å². The monoisotopic (exact) mass is 313 g/mol. The van der Waals surface area contributed by atoms with Crippen molar-refractivity contribution in [1.29, 1.82) is 0 Å². The van der Waals surface area contributed by atoms with E-state index in [0.29, 0.717) is 10.9 Å². The van der Waals surface area contributed by atoms with E-state index < -0.39 is 0 Å². The van der Waals surface area contributed by atoms with Crippen molar-refractivity contribution in [2.75, 3.05) is 26.5 Å². The van der Waals surface area contributed by atoms with Crippen LogP contribution in [0, 0.1) is 0 Å². The summed E-state index contributed by atoms with van der Waals surface area (Å²) in [6, 6.07) is 5.95. The molecule has 0 spiro atoms. The molecule has 0 radical (unpaired) electrons. The molecule has 0 amide bonds. The molecule has 1 aromatic heterocycles. The molecule has 0 bridgehead atoms. The summed E-state index contributed by atoms with van der Waals surface area (Å²) in [7, 11) is 4.20. The van der Waals surface area contributed by atoms with Gasteiger partial charge in [0.1, 0.15) is 11.3 Å². The van der Waals surface area contributed by atoms with Crippen molar-refractivity contribution >= 4 is 34.2 Å². The summed E-state index contributed by atoms with van der Waals surface area (Å²) in [4.78, 5) is 6.86. The van der Waals surface area contributed by atoms with E-state index in [9.17, 15) is 0 Å². The number of hydrogen-bond acceptors (Lipinski definition) is 2. The number of rotatable bonds is 7. The highest BCUT2D eigenvalue weighted by Crippen LogP contribution is 2.24. The number of aromatic nitrogens is 2. The normalized spacial score (nSPS) is 11.7. The first kappa shape index (κ1) is 15.6. The molecule has 0 aliphatic rings. The van der Waals surface area contributed by atoms with E-state index in [0.717, 1.165) is 42.8 Å². The third kappa shape index (κ3) is 3.66. The zero-order valence-electron chi connectivity index (χ0n) is 12.1. The second kappa shape index (κ2) is 7.30. The summed E-state index contributed by atoms with van der Waals surface area (Å²) in [5, 5.41) is 0.713. The van der Waals surface area contributed by atoms with Gasteiger partial charge in [0, 0.05) is 18.8 Å². The second-order valence-corrected chi connectivity index (χ2v) is 6.02. The summed E-state index contributed by atoms with van der Waals surface area (Å²) in [5.74, 6) is 1.62. The van der Waals surface area contributed by atoms with Crippen LogP contribution >= 0.6 is 23.2 Å². The van der Waals surface area contributed by atoms with Gasteiger partial charge in [-0.05, 0) is 45.6 Å². The Kier molecular flexibility index (Phi) is 5.70. The fourth-order valence-corrected chi connectivity index (χ4v) is 2.76. The SMILES string of the molecule is CN(C)CCCCn1c(CCCl)nc2c(Cl)cccc21. The Hall–Kier alpha value is -0.770. The number of halogens is 2. The largest absolute Gasteiger partial charge is 0.328 e. The Bertz CT molecular complexity index is 563. The van der Waals surface area contributed by atoms with Crippen LogP contribution in [0.15, 0.2) is 18.2 Å². The maximum Gasteiger partial charge on any atom is 0.111 e. The highest BCUT2D eigenvalue weighted by molar-refractivity contribution is 6.34. The van der Waals surface area contributed by atoms with Crippen LogP contribution < -0.4 is 0 Å². The van der Waals surface area contributed by atoms with Gasteiger partial charge in [-0.1, -0.05) is 17.7 Å². The van der Waals surface area contributed by atoms with Gasteiger partial charge in [0.25, 0.3) is 0 Å².